The number of morpholine rings is 1. The van der Waals surface area contributed by atoms with Crippen LogP contribution in [-0.4, -0.2) is 46.2 Å². The fourth-order valence-electron chi connectivity index (χ4n) is 2.68. The van der Waals surface area contributed by atoms with Crippen molar-refractivity contribution in [3.63, 3.8) is 0 Å². The number of fused-ring (bicyclic) bond motifs is 1. The molecule has 0 amide bonds. The highest BCUT2D eigenvalue weighted by Gasteiger charge is 2.13. The molecular formula is C16H17N5O. The normalized spacial score (nSPS) is 15.4. The fraction of sp³-hybridized carbons (Fsp3) is 0.312. The Labute approximate surface area is 128 Å². The third kappa shape index (κ3) is 2.42. The van der Waals surface area contributed by atoms with E-state index in [2.05, 4.69) is 25.9 Å². The number of H-pyrrole nitrogens is 1. The number of aromatic amines is 1. The minimum absolute atomic E-state index is 0.743. The Balaban J connectivity index is 1.73. The molecule has 2 aromatic heterocycles. The zero-order chi connectivity index (χ0) is 14.9. The van der Waals surface area contributed by atoms with Gasteiger partial charge in [0.1, 0.15) is 11.6 Å². The number of hydrogen-bond donors (Lipinski definition) is 1. The Kier molecular flexibility index (Phi) is 3.23. The van der Waals surface area contributed by atoms with Gasteiger partial charge in [0.05, 0.1) is 42.3 Å². The van der Waals surface area contributed by atoms with E-state index in [-0.39, 0.29) is 0 Å². The average Bonchev–Trinajstić information content (AvgIpc) is 3.01. The fourth-order valence-corrected chi connectivity index (χ4v) is 2.68. The highest BCUT2D eigenvalue weighted by molar-refractivity contribution is 5.81. The van der Waals surface area contributed by atoms with Crippen LogP contribution < -0.4 is 4.90 Å². The number of nitrogens with zero attached hydrogens (tertiary/aromatic N) is 4. The van der Waals surface area contributed by atoms with Gasteiger partial charge < -0.3 is 14.6 Å². The highest BCUT2D eigenvalue weighted by Crippen LogP contribution is 2.23. The third-order valence-corrected chi connectivity index (χ3v) is 3.88. The summed E-state index contributed by atoms with van der Waals surface area (Å²) in [6.45, 7) is 5.15. The molecule has 0 atom stereocenters. The topological polar surface area (TPSA) is 66.9 Å². The first-order chi connectivity index (χ1) is 10.8. The van der Waals surface area contributed by atoms with Crippen molar-refractivity contribution >= 4 is 16.9 Å². The van der Waals surface area contributed by atoms with E-state index < -0.39 is 0 Å². The lowest BCUT2D eigenvalue weighted by Crippen LogP contribution is -2.36. The van der Waals surface area contributed by atoms with E-state index in [1.54, 1.807) is 0 Å². The average molecular weight is 295 g/mol. The number of benzene rings is 1. The van der Waals surface area contributed by atoms with E-state index in [9.17, 15) is 0 Å². The van der Waals surface area contributed by atoms with E-state index in [1.165, 1.54) is 0 Å². The van der Waals surface area contributed by atoms with E-state index >= 15 is 0 Å². The van der Waals surface area contributed by atoms with Crippen molar-refractivity contribution in [1.82, 2.24) is 19.9 Å². The Morgan fingerprint density at radius 1 is 1.09 bits per heavy atom. The number of imidazole rings is 1. The van der Waals surface area contributed by atoms with Gasteiger partial charge in [-0.3, -0.25) is 4.98 Å². The van der Waals surface area contributed by atoms with Gasteiger partial charge in [0.15, 0.2) is 0 Å². The molecule has 3 heterocycles. The maximum Gasteiger partial charge on any atom is 0.148 e. The molecule has 0 radical (unpaired) electrons. The number of rotatable bonds is 2. The summed E-state index contributed by atoms with van der Waals surface area (Å²) in [5.74, 6) is 1.82. The molecule has 3 aromatic rings. The Morgan fingerprint density at radius 2 is 1.95 bits per heavy atom. The van der Waals surface area contributed by atoms with Crippen LogP contribution in [0, 0.1) is 6.92 Å². The first-order valence-corrected chi connectivity index (χ1v) is 7.41. The van der Waals surface area contributed by atoms with Crippen molar-refractivity contribution in [1.29, 1.82) is 0 Å². The number of nitrogens with one attached hydrogen (secondary N) is 1. The van der Waals surface area contributed by atoms with E-state index in [4.69, 9.17) is 9.72 Å². The lowest BCUT2D eigenvalue weighted by Gasteiger charge is -2.27. The molecule has 22 heavy (non-hydrogen) atoms. The van der Waals surface area contributed by atoms with Gasteiger partial charge in [-0.2, -0.15) is 0 Å². The van der Waals surface area contributed by atoms with Gasteiger partial charge >= 0.3 is 0 Å². The molecule has 1 aliphatic heterocycles. The second kappa shape index (κ2) is 5.38. The van der Waals surface area contributed by atoms with Gasteiger partial charge in [-0.1, -0.05) is 6.07 Å². The summed E-state index contributed by atoms with van der Waals surface area (Å²) < 4.78 is 5.39. The van der Waals surface area contributed by atoms with Crippen molar-refractivity contribution in [3.8, 4) is 11.3 Å². The van der Waals surface area contributed by atoms with Crippen molar-refractivity contribution in [3.05, 3.63) is 36.4 Å². The van der Waals surface area contributed by atoms with Crippen LogP contribution in [0.25, 0.3) is 22.3 Å². The third-order valence-electron chi connectivity index (χ3n) is 3.88. The molecule has 0 saturated carbocycles. The van der Waals surface area contributed by atoms with Crippen LogP contribution >= 0.6 is 0 Å². The molecule has 6 nitrogen and oxygen atoms in total. The van der Waals surface area contributed by atoms with Crippen molar-refractivity contribution in [2.45, 2.75) is 6.92 Å². The summed E-state index contributed by atoms with van der Waals surface area (Å²) in [5.41, 5.74) is 3.87. The maximum absolute atomic E-state index is 5.39. The van der Waals surface area contributed by atoms with E-state index in [0.29, 0.717) is 0 Å². The number of aromatic nitrogens is 4. The zero-order valence-corrected chi connectivity index (χ0v) is 12.4. The number of aryl methyl sites for hydroxylation is 1. The van der Waals surface area contributed by atoms with Crippen LogP contribution in [0.1, 0.15) is 5.82 Å². The first-order valence-electron chi connectivity index (χ1n) is 7.41. The molecule has 0 unspecified atom stereocenters. The van der Waals surface area contributed by atoms with Crippen LogP contribution in [0.2, 0.25) is 0 Å². The van der Waals surface area contributed by atoms with Crippen LogP contribution in [0.3, 0.4) is 0 Å². The summed E-state index contributed by atoms with van der Waals surface area (Å²) in [7, 11) is 0. The molecule has 4 rings (SSSR count). The predicted octanol–water partition coefficient (Wildman–Crippen LogP) is 2.16. The largest absolute Gasteiger partial charge is 0.378 e. The number of hydrogen-bond acceptors (Lipinski definition) is 5. The SMILES string of the molecule is Cc1ncc(-c2ccc3ncc(N4CCOCC4)nc3c2)[nH]1. The van der Waals surface area contributed by atoms with Crippen LogP contribution in [-0.2, 0) is 4.74 Å². The minimum atomic E-state index is 0.743. The Hall–Kier alpha value is -2.47. The van der Waals surface area contributed by atoms with Crippen LogP contribution in [0.5, 0.6) is 0 Å². The van der Waals surface area contributed by atoms with Gasteiger partial charge in [0.2, 0.25) is 0 Å². The molecule has 112 valence electrons. The molecule has 6 heteroatoms. The molecule has 1 fully saturated rings. The Bertz CT molecular complexity index is 807. The predicted molar refractivity (Wildman–Crippen MR) is 84.9 cm³/mol. The van der Waals surface area contributed by atoms with Gasteiger partial charge in [-0.15, -0.1) is 0 Å². The lowest BCUT2D eigenvalue weighted by atomic mass is 10.1. The molecule has 1 saturated heterocycles. The standard InChI is InChI=1S/C16H17N5O/c1-11-17-9-15(19-11)12-2-3-13-14(8-12)20-16(10-18-13)21-4-6-22-7-5-21/h2-3,8-10H,4-7H2,1H3,(H,17,19). The second-order valence-electron chi connectivity index (χ2n) is 5.41. The number of ether oxygens (including phenoxy) is 1. The van der Waals surface area contributed by atoms with Crippen LogP contribution in [0.4, 0.5) is 5.82 Å². The van der Waals surface area contributed by atoms with E-state index in [1.807, 2.05) is 31.5 Å². The number of anilines is 1. The smallest absolute Gasteiger partial charge is 0.148 e. The summed E-state index contributed by atoms with van der Waals surface area (Å²) in [6, 6.07) is 6.09. The quantitative estimate of drug-likeness (QED) is 0.785. The van der Waals surface area contributed by atoms with Gasteiger partial charge in [-0.25, -0.2) is 9.97 Å². The molecule has 1 aliphatic rings. The van der Waals surface area contributed by atoms with E-state index in [0.717, 1.165) is 60.2 Å². The summed E-state index contributed by atoms with van der Waals surface area (Å²) in [6.07, 6.45) is 3.68. The molecule has 0 aliphatic carbocycles. The zero-order valence-electron chi connectivity index (χ0n) is 12.4. The monoisotopic (exact) mass is 295 g/mol. The minimum Gasteiger partial charge on any atom is -0.378 e. The summed E-state index contributed by atoms with van der Waals surface area (Å²) in [5, 5.41) is 0. The molecule has 0 spiro atoms. The summed E-state index contributed by atoms with van der Waals surface area (Å²) >= 11 is 0. The van der Waals surface area contributed by atoms with Gasteiger partial charge in [0, 0.05) is 18.7 Å². The van der Waals surface area contributed by atoms with Crippen molar-refractivity contribution in [2.75, 3.05) is 31.2 Å². The van der Waals surface area contributed by atoms with Crippen molar-refractivity contribution in [2.24, 2.45) is 0 Å². The summed E-state index contributed by atoms with van der Waals surface area (Å²) in [4.78, 5) is 19.0. The second-order valence-corrected chi connectivity index (χ2v) is 5.41. The molecule has 0 bridgehead atoms. The first kappa shape index (κ1) is 13.2. The molecule has 1 N–H and O–H groups in total. The van der Waals surface area contributed by atoms with Gasteiger partial charge in [0.25, 0.3) is 0 Å². The van der Waals surface area contributed by atoms with Crippen LogP contribution in [0.15, 0.2) is 30.6 Å². The highest BCUT2D eigenvalue weighted by atomic mass is 16.5. The molecule has 1 aromatic carbocycles. The molecular weight excluding hydrogens is 278 g/mol. The van der Waals surface area contributed by atoms with Gasteiger partial charge in [-0.05, 0) is 19.1 Å². The lowest BCUT2D eigenvalue weighted by molar-refractivity contribution is 0.122. The maximum atomic E-state index is 5.39. The Morgan fingerprint density at radius 3 is 2.73 bits per heavy atom. The van der Waals surface area contributed by atoms with Crippen molar-refractivity contribution < 1.29 is 4.74 Å².